The molecule has 2 aromatic carbocycles. The lowest BCUT2D eigenvalue weighted by Gasteiger charge is -2.14. The first-order chi connectivity index (χ1) is 14.0. The molecule has 5 nitrogen and oxygen atoms in total. The van der Waals surface area contributed by atoms with Gasteiger partial charge in [0.2, 0.25) is 0 Å². The van der Waals surface area contributed by atoms with E-state index in [2.05, 4.69) is 12.1 Å². The Morgan fingerprint density at radius 3 is 2.45 bits per heavy atom. The summed E-state index contributed by atoms with van der Waals surface area (Å²) in [6.07, 6.45) is 3.67. The normalized spacial score (nSPS) is 11.9. The highest BCUT2D eigenvalue weighted by Gasteiger charge is 2.17. The van der Waals surface area contributed by atoms with Gasteiger partial charge in [-0.15, -0.1) is 0 Å². The molecule has 0 N–H and O–H groups in total. The Morgan fingerprint density at radius 1 is 1.10 bits per heavy atom. The Hall–Kier alpha value is -3.08. The number of nitrogens with zero attached hydrogens (tertiary/aromatic N) is 1. The van der Waals surface area contributed by atoms with Crippen molar-refractivity contribution in [1.29, 1.82) is 0 Å². The van der Waals surface area contributed by atoms with E-state index in [1.165, 1.54) is 7.11 Å². The van der Waals surface area contributed by atoms with Crippen LogP contribution in [-0.2, 0) is 21.0 Å². The van der Waals surface area contributed by atoms with Gasteiger partial charge in [0.1, 0.15) is 12.4 Å². The fraction of sp³-hybridized carbons (Fsp3) is 0.333. The van der Waals surface area contributed by atoms with Gasteiger partial charge >= 0.3 is 5.97 Å². The highest BCUT2D eigenvalue weighted by atomic mass is 16.6. The van der Waals surface area contributed by atoms with Gasteiger partial charge in [-0.3, -0.25) is 0 Å². The molecule has 0 unspecified atom stereocenters. The van der Waals surface area contributed by atoms with Crippen molar-refractivity contribution >= 4 is 17.3 Å². The maximum Gasteiger partial charge on any atom is 0.338 e. The van der Waals surface area contributed by atoms with Gasteiger partial charge < -0.3 is 14.3 Å². The van der Waals surface area contributed by atoms with Crippen molar-refractivity contribution in [2.45, 2.75) is 40.2 Å². The number of methoxy groups -OCH3 is 2. The molecule has 0 amide bonds. The number of hydrogen-bond acceptors (Lipinski definition) is 5. The number of carbonyl (C=O) groups is 1. The lowest BCUT2D eigenvalue weighted by Crippen LogP contribution is -2.08. The third kappa shape index (κ3) is 5.95. The summed E-state index contributed by atoms with van der Waals surface area (Å²) < 4.78 is 10.2. The minimum Gasteiger partial charge on any atom is -0.497 e. The summed E-state index contributed by atoms with van der Waals surface area (Å²) in [5, 5.41) is 4.25. The molecule has 0 aromatic heterocycles. The number of benzene rings is 2. The first kappa shape index (κ1) is 22.2. The van der Waals surface area contributed by atoms with Crippen LogP contribution >= 0.6 is 0 Å². The van der Waals surface area contributed by atoms with Crippen molar-refractivity contribution < 1.29 is 19.1 Å². The van der Waals surface area contributed by atoms with E-state index in [1.54, 1.807) is 7.11 Å². The van der Waals surface area contributed by atoms with Gasteiger partial charge in [-0.25, -0.2) is 4.79 Å². The van der Waals surface area contributed by atoms with Crippen molar-refractivity contribution in [3.05, 3.63) is 70.8 Å². The van der Waals surface area contributed by atoms with Crippen LogP contribution in [0.1, 0.15) is 48.9 Å². The van der Waals surface area contributed by atoms with Gasteiger partial charge in [-0.05, 0) is 61.2 Å². The molecule has 2 rings (SSSR count). The summed E-state index contributed by atoms with van der Waals surface area (Å²) in [4.78, 5) is 18.0. The van der Waals surface area contributed by atoms with Crippen LogP contribution in [0.3, 0.4) is 0 Å². The monoisotopic (exact) mass is 395 g/mol. The molecule has 2 aromatic rings. The molecule has 0 aliphatic heterocycles. The van der Waals surface area contributed by atoms with E-state index >= 15 is 0 Å². The van der Waals surface area contributed by atoms with Crippen molar-refractivity contribution in [3.8, 4) is 5.75 Å². The number of oxime groups is 1. The first-order valence-electron chi connectivity index (χ1n) is 9.70. The van der Waals surface area contributed by atoms with Crippen LogP contribution in [0, 0.1) is 6.92 Å². The highest BCUT2D eigenvalue weighted by molar-refractivity contribution is 6.16. The Morgan fingerprint density at radius 2 is 1.83 bits per heavy atom. The predicted octanol–water partition coefficient (Wildman–Crippen LogP) is 5.30. The molecule has 0 bridgehead atoms. The fourth-order valence-electron chi connectivity index (χ4n) is 2.93. The Balaban J connectivity index is 2.25. The molecule has 5 heteroatoms. The lowest BCUT2D eigenvalue weighted by atomic mass is 9.95. The van der Waals surface area contributed by atoms with Crippen LogP contribution < -0.4 is 4.74 Å². The van der Waals surface area contributed by atoms with E-state index in [1.807, 2.05) is 62.4 Å². The summed E-state index contributed by atoms with van der Waals surface area (Å²) in [6.45, 7) is 6.22. The van der Waals surface area contributed by atoms with E-state index in [0.717, 1.165) is 46.6 Å². The zero-order chi connectivity index (χ0) is 21.2. The minimum absolute atomic E-state index is 0.260. The summed E-state index contributed by atoms with van der Waals surface area (Å²) in [5.41, 5.74) is 5.05. The number of esters is 1. The number of aryl methyl sites for hydroxylation is 1. The number of rotatable bonds is 9. The van der Waals surface area contributed by atoms with Crippen molar-refractivity contribution in [1.82, 2.24) is 0 Å². The van der Waals surface area contributed by atoms with Crippen molar-refractivity contribution in [2.75, 3.05) is 14.2 Å². The Bertz CT molecular complexity index is 882. The molecule has 0 heterocycles. The van der Waals surface area contributed by atoms with E-state index in [4.69, 9.17) is 14.3 Å². The molecule has 0 fully saturated rings. The van der Waals surface area contributed by atoms with E-state index in [0.29, 0.717) is 5.57 Å². The Kier molecular flexibility index (Phi) is 8.46. The van der Waals surface area contributed by atoms with Crippen LogP contribution in [0.15, 0.2) is 53.7 Å². The topological polar surface area (TPSA) is 57.1 Å². The second-order valence-electron chi connectivity index (χ2n) is 6.68. The van der Waals surface area contributed by atoms with Gasteiger partial charge in [0, 0.05) is 5.56 Å². The molecule has 154 valence electrons. The maximum absolute atomic E-state index is 12.3. The molecule has 0 aliphatic rings. The average Bonchev–Trinajstić information content (AvgIpc) is 2.75. The van der Waals surface area contributed by atoms with Gasteiger partial charge in [0.25, 0.3) is 0 Å². The standard InChI is InChI=1S/C24H29NO4/c1-6-7-10-22(24(26)28-5)21-11-8-9-17(2)23(21)16-29-25-18(3)19-12-14-20(27-4)15-13-19/h8-15H,6-7,16H2,1-5H3/b22-10-,25-18+. The van der Waals surface area contributed by atoms with E-state index in [-0.39, 0.29) is 12.6 Å². The highest BCUT2D eigenvalue weighted by Crippen LogP contribution is 2.25. The summed E-state index contributed by atoms with van der Waals surface area (Å²) in [6, 6.07) is 13.5. The second kappa shape index (κ2) is 11.1. The third-order valence-corrected chi connectivity index (χ3v) is 4.66. The third-order valence-electron chi connectivity index (χ3n) is 4.66. The molecule has 0 radical (unpaired) electrons. The lowest BCUT2D eigenvalue weighted by molar-refractivity contribution is -0.133. The van der Waals surface area contributed by atoms with Crippen molar-refractivity contribution in [3.63, 3.8) is 0 Å². The van der Waals surface area contributed by atoms with Crippen LogP contribution in [0.25, 0.3) is 5.57 Å². The first-order valence-corrected chi connectivity index (χ1v) is 9.70. The van der Waals surface area contributed by atoms with Crippen LogP contribution in [0.4, 0.5) is 0 Å². The average molecular weight is 395 g/mol. The van der Waals surface area contributed by atoms with E-state index in [9.17, 15) is 4.79 Å². The summed E-state index contributed by atoms with van der Waals surface area (Å²) in [5.74, 6) is 0.449. The smallest absolute Gasteiger partial charge is 0.338 e. The van der Waals surface area contributed by atoms with Gasteiger partial charge in [0.05, 0.1) is 25.5 Å². The van der Waals surface area contributed by atoms with Crippen molar-refractivity contribution in [2.24, 2.45) is 5.16 Å². The van der Waals surface area contributed by atoms with Crippen LogP contribution in [-0.4, -0.2) is 25.9 Å². The number of hydrogen-bond donors (Lipinski definition) is 0. The number of allylic oxidation sites excluding steroid dienone is 1. The summed E-state index contributed by atoms with van der Waals surface area (Å²) in [7, 11) is 3.03. The number of carbonyl (C=O) groups excluding carboxylic acids is 1. The molecule has 29 heavy (non-hydrogen) atoms. The molecule has 0 saturated heterocycles. The van der Waals surface area contributed by atoms with Crippen LogP contribution in [0.5, 0.6) is 5.75 Å². The minimum atomic E-state index is -0.344. The molecule has 0 spiro atoms. The number of ether oxygens (including phenoxy) is 2. The second-order valence-corrected chi connectivity index (χ2v) is 6.68. The zero-order valence-corrected chi connectivity index (χ0v) is 17.8. The number of unbranched alkanes of at least 4 members (excludes halogenated alkanes) is 1. The zero-order valence-electron chi connectivity index (χ0n) is 17.8. The molecule has 0 atom stereocenters. The van der Waals surface area contributed by atoms with Gasteiger partial charge in [0.15, 0.2) is 0 Å². The van der Waals surface area contributed by atoms with Gasteiger partial charge in [-0.1, -0.05) is 42.8 Å². The van der Waals surface area contributed by atoms with Gasteiger partial charge in [-0.2, -0.15) is 0 Å². The largest absolute Gasteiger partial charge is 0.497 e. The SMILES string of the molecule is CCC/C=C(\C(=O)OC)c1cccc(C)c1CO/N=C(\C)c1ccc(OC)cc1. The van der Waals surface area contributed by atoms with Crippen LogP contribution in [0.2, 0.25) is 0 Å². The van der Waals surface area contributed by atoms with E-state index < -0.39 is 0 Å². The molecule has 0 saturated carbocycles. The summed E-state index contributed by atoms with van der Waals surface area (Å²) >= 11 is 0. The Labute approximate surface area is 173 Å². The quantitative estimate of drug-likeness (QED) is 0.250. The molecular formula is C24H29NO4. The fourth-order valence-corrected chi connectivity index (χ4v) is 2.93. The predicted molar refractivity (Wildman–Crippen MR) is 116 cm³/mol. The molecule has 0 aliphatic carbocycles. The molecular weight excluding hydrogens is 366 g/mol. The maximum atomic E-state index is 12.3.